The molecule has 1 rings (SSSR count). The van der Waals surface area contributed by atoms with Crippen LogP contribution in [-0.2, 0) is 4.74 Å². The van der Waals surface area contributed by atoms with Gasteiger partial charge in [0.15, 0.2) is 0 Å². The first-order valence-electron chi connectivity index (χ1n) is 4.78. The van der Waals surface area contributed by atoms with Crippen molar-refractivity contribution in [3.8, 4) is 0 Å². The molecule has 1 heterocycles. The molecule has 84 valence electrons. The summed E-state index contributed by atoms with van der Waals surface area (Å²) in [5.41, 5.74) is 0. The highest BCUT2D eigenvalue weighted by Crippen LogP contribution is 2.36. The van der Waals surface area contributed by atoms with Crippen molar-refractivity contribution >= 4 is 0 Å². The van der Waals surface area contributed by atoms with Crippen LogP contribution in [0.1, 0.15) is 13.3 Å². The van der Waals surface area contributed by atoms with E-state index in [-0.39, 0.29) is 19.0 Å². The first-order chi connectivity index (χ1) is 6.49. The van der Waals surface area contributed by atoms with Gasteiger partial charge < -0.3 is 4.74 Å². The second-order valence-electron chi connectivity index (χ2n) is 3.67. The van der Waals surface area contributed by atoms with E-state index in [1.54, 1.807) is 0 Å². The van der Waals surface area contributed by atoms with E-state index < -0.39 is 12.1 Å². The van der Waals surface area contributed by atoms with Crippen molar-refractivity contribution < 1.29 is 17.9 Å². The van der Waals surface area contributed by atoms with E-state index in [0.717, 1.165) is 0 Å². The van der Waals surface area contributed by atoms with Gasteiger partial charge >= 0.3 is 6.18 Å². The van der Waals surface area contributed by atoms with Crippen LogP contribution in [0, 0.1) is 5.92 Å². The third-order valence-corrected chi connectivity index (χ3v) is 2.76. The van der Waals surface area contributed by atoms with Crippen LogP contribution in [0.25, 0.3) is 0 Å². The van der Waals surface area contributed by atoms with Gasteiger partial charge in [0.05, 0.1) is 12.5 Å². The van der Waals surface area contributed by atoms with Crippen LogP contribution in [0.5, 0.6) is 0 Å². The van der Waals surface area contributed by atoms with Crippen molar-refractivity contribution in [2.24, 2.45) is 5.92 Å². The molecule has 1 aliphatic heterocycles. The molecule has 1 fully saturated rings. The summed E-state index contributed by atoms with van der Waals surface area (Å²) in [4.78, 5) is 1.83. The quantitative estimate of drug-likeness (QED) is 0.707. The average Bonchev–Trinajstić information content (AvgIpc) is 2.47. The van der Waals surface area contributed by atoms with Gasteiger partial charge in [-0.3, -0.25) is 4.90 Å². The molecule has 0 amide bonds. The van der Waals surface area contributed by atoms with Gasteiger partial charge in [0.2, 0.25) is 0 Å². The Bertz CT molecular complexity index is 183. The Morgan fingerprint density at radius 3 is 2.50 bits per heavy atom. The predicted molar refractivity (Wildman–Crippen MR) is 47.1 cm³/mol. The van der Waals surface area contributed by atoms with Gasteiger partial charge in [-0.05, 0) is 13.0 Å². The number of nitrogens with zero attached hydrogens (tertiary/aromatic N) is 1. The van der Waals surface area contributed by atoms with Crippen LogP contribution < -0.4 is 0 Å². The van der Waals surface area contributed by atoms with Gasteiger partial charge in [-0.15, -0.1) is 0 Å². The number of halogens is 3. The minimum atomic E-state index is -4.06. The minimum absolute atomic E-state index is 0.0726. The van der Waals surface area contributed by atoms with Gasteiger partial charge in [-0.25, -0.2) is 0 Å². The molecule has 2 atom stereocenters. The van der Waals surface area contributed by atoms with E-state index in [1.165, 1.54) is 7.11 Å². The zero-order chi connectivity index (χ0) is 10.8. The molecular formula is C9H16F3NO. The third-order valence-electron chi connectivity index (χ3n) is 2.76. The van der Waals surface area contributed by atoms with Crippen molar-refractivity contribution in [1.29, 1.82) is 0 Å². The molecule has 0 spiro atoms. The molecule has 2 nitrogen and oxygen atoms in total. The predicted octanol–water partition coefficient (Wildman–Crippen LogP) is 1.91. The molecule has 14 heavy (non-hydrogen) atoms. The largest absolute Gasteiger partial charge is 0.393 e. The van der Waals surface area contributed by atoms with Gasteiger partial charge in [-0.1, -0.05) is 6.92 Å². The summed E-state index contributed by atoms with van der Waals surface area (Å²) in [5, 5.41) is 0. The van der Waals surface area contributed by atoms with E-state index in [9.17, 15) is 13.2 Å². The fraction of sp³-hybridized carbons (Fsp3) is 1.00. The van der Waals surface area contributed by atoms with Crippen LogP contribution in [0.3, 0.4) is 0 Å². The molecule has 0 radical (unpaired) electrons. The summed E-state index contributed by atoms with van der Waals surface area (Å²) < 4.78 is 42.2. The van der Waals surface area contributed by atoms with Crippen LogP contribution in [0.15, 0.2) is 0 Å². The lowest BCUT2D eigenvalue weighted by molar-refractivity contribution is -0.170. The number of likely N-dealkylation sites (N-methyl/N-ethyl adjacent to an activating group) is 1. The second kappa shape index (κ2) is 4.49. The normalized spacial score (nSPS) is 29.8. The lowest BCUT2D eigenvalue weighted by Gasteiger charge is -2.21. The molecule has 5 heteroatoms. The summed E-state index contributed by atoms with van der Waals surface area (Å²) in [5.74, 6) is -1.18. The number of rotatable bonds is 3. The maximum atomic E-state index is 12.4. The van der Waals surface area contributed by atoms with Crippen LogP contribution in [-0.4, -0.2) is 43.9 Å². The Hall–Kier alpha value is -0.290. The van der Waals surface area contributed by atoms with Crippen molar-refractivity contribution in [3.05, 3.63) is 0 Å². The summed E-state index contributed by atoms with van der Waals surface area (Å²) in [6.45, 7) is 3.04. The molecule has 0 bridgehead atoms. The number of methoxy groups -OCH3 is 1. The monoisotopic (exact) mass is 211 g/mol. The second-order valence-corrected chi connectivity index (χ2v) is 3.67. The van der Waals surface area contributed by atoms with Crippen LogP contribution >= 0.6 is 0 Å². The Morgan fingerprint density at radius 2 is 2.07 bits per heavy atom. The van der Waals surface area contributed by atoms with Crippen molar-refractivity contribution in [1.82, 2.24) is 4.90 Å². The molecular weight excluding hydrogens is 195 g/mol. The van der Waals surface area contributed by atoms with E-state index in [2.05, 4.69) is 0 Å². The zero-order valence-electron chi connectivity index (χ0n) is 8.47. The highest BCUT2D eigenvalue weighted by Gasteiger charge is 2.46. The maximum absolute atomic E-state index is 12.4. The topological polar surface area (TPSA) is 12.5 Å². The first kappa shape index (κ1) is 11.8. The highest BCUT2D eigenvalue weighted by molar-refractivity contribution is 4.87. The van der Waals surface area contributed by atoms with Gasteiger partial charge in [0, 0.05) is 19.7 Å². The molecule has 0 aliphatic carbocycles. The number of hydrogen-bond acceptors (Lipinski definition) is 2. The number of alkyl halides is 3. The van der Waals surface area contributed by atoms with Crippen molar-refractivity contribution in [2.75, 3.05) is 26.8 Å². The molecule has 0 aromatic heterocycles. The SMILES string of the molecule is CCN1CC(C(F)(F)F)CC1COC. The Labute approximate surface area is 82.0 Å². The van der Waals surface area contributed by atoms with Gasteiger partial charge in [0.25, 0.3) is 0 Å². The fourth-order valence-electron chi connectivity index (χ4n) is 1.97. The van der Waals surface area contributed by atoms with Crippen molar-refractivity contribution in [2.45, 2.75) is 25.6 Å². The van der Waals surface area contributed by atoms with Gasteiger partial charge in [-0.2, -0.15) is 13.2 Å². The smallest absolute Gasteiger partial charge is 0.383 e. The lowest BCUT2D eigenvalue weighted by atomic mass is 10.1. The Morgan fingerprint density at radius 1 is 1.43 bits per heavy atom. The Balaban J connectivity index is 2.56. The Kier molecular flexibility index (Phi) is 3.78. The number of ether oxygens (including phenoxy) is 1. The molecule has 1 saturated heterocycles. The van der Waals surface area contributed by atoms with Crippen LogP contribution in [0.4, 0.5) is 13.2 Å². The molecule has 2 unspecified atom stereocenters. The average molecular weight is 211 g/mol. The third kappa shape index (κ3) is 2.60. The van der Waals surface area contributed by atoms with E-state index in [4.69, 9.17) is 4.74 Å². The molecule has 0 aromatic rings. The van der Waals surface area contributed by atoms with E-state index in [0.29, 0.717) is 13.2 Å². The van der Waals surface area contributed by atoms with E-state index >= 15 is 0 Å². The molecule has 0 aromatic carbocycles. The fourth-order valence-corrected chi connectivity index (χ4v) is 1.97. The summed E-state index contributed by atoms with van der Waals surface area (Å²) in [6.07, 6.45) is -3.89. The summed E-state index contributed by atoms with van der Waals surface area (Å²) in [6, 6.07) is -0.0726. The number of likely N-dealkylation sites (tertiary alicyclic amines) is 1. The standard InChI is InChI=1S/C9H16F3NO/c1-3-13-5-7(9(10,11)12)4-8(13)6-14-2/h7-8H,3-6H2,1-2H3. The maximum Gasteiger partial charge on any atom is 0.393 e. The molecule has 1 aliphatic rings. The number of hydrogen-bond donors (Lipinski definition) is 0. The van der Waals surface area contributed by atoms with Crippen LogP contribution in [0.2, 0.25) is 0 Å². The molecule has 0 N–H and O–H groups in total. The summed E-state index contributed by atoms with van der Waals surface area (Å²) in [7, 11) is 1.52. The van der Waals surface area contributed by atoms with E-state index in [1.807, 2.05) is 11.8 Å². The summed E-state index contributed by atoms with van der Waals surface area (Å²) >= 11 is 0. The zero-order valence-corrected chi connectivity index (χ0v) is 8.47. The highest BCUT2D eigenvalue weighted by atomic mass is 19.4. The molecule has 0 saturated carbocycles. The van der Waals surface area contributed by atoms with Gasteiger partial charge in [0.1, 0.15) is 0 Å². The first-order valence-corrected chi connectivity index (χ1v) is 4.78. The lowest BCUT2D eigenvalue weighted by Crippen LogP contribution is -2.33. The minimum Gasteiger partial charge on any atom is -0.383 e. The van der Waals surface area contributed by atoms with Crippen molar-refractivity contribution in [3.63, 3.8) is 0 Å².